The third-order valence-corrected chi connectivity index (χ3v) is 4.18. The molecule has 0 N–H and O–H groups in total. The van der Waals surface area contributed by atoms with Crippen molar-refractivity contribution < 1.29 is 4.79 Å². The van der Waals surface area contributed by atoms with Crippen LogP contribution in [-0.2, 0) is 4.79 Å². The predicted molar refractivity (Wildman–Crippen MR) is 58.1 cm³/mol. The fraction of sp³-hybridized carbons (Fsp3) is 0.769. The van der Waals surface area contributed by atoms with E-state index >= 15 is 0 Å². The van der Waals surface area contributed by atoms with Gasteiger partial charge in [-0.1, -0.05) is 24.5 Å². The van der Waals surface area contributed by atoms with Crippen molar-refractivity contribution >= 4 is 5.78 Å². The number of Topliss-reactive ketones (excluding diaryl/α,β-unsaturated/α-hetero) is 1. The van der Waals surface area contributed by atoms with Crippen molar-refractivity contribution in [3.63, 3.8) is 0 Å². The first-order chi connectivity index (χ1) is 6.66. The summed E-state index contributed by atoms with van der Waals surface area (Å²) in [6, 6.07) is 0. The molecule has 0 aliphatic heterocycles. The Kier molecular flexibility index (Phi) is 2.50. The topological polar surface area (TPSA) is 17.1 Å². The molecule has 0 heterocycles. The second kappa shape index (κ2) is 3.52. The summed E-state index contributed by atoms with van der Waals surface area (Å²) in [6.07, 6.45) is 9.93. The smallest absolute Gasteiger partial charge is 0.137 e. The Morgan fingerprint density at radius 2 is 2.00 bits per heavy atom. The van der Waals surface area contributed by atoms with E-state index in [0.717, 1.165) is 0 Å². The van der Waals surface area contributed by atoms with Crippen LogP contribution < -0.4 is 0 Å². The summed E-state index contributed by atoms with van der Waals surface area (Å²) in [7, 11) is 0. The number of carbonyl (C=O) groups is 1. The molecule has 78 valence electrons. The van der Waals surface area contributed by atoms with E-state index in [1.165, 1.54) is 44.1 Å². The molecular weight excluding hydrogens is 172 g/mol. The van der Waals surface area contributed by atoms with Crippen LogP contribution in [0.4, 0.5) is 0 Å². The minimum Gasteiger partial charge on any atom is -0.299 e. The van der Waals surface area contributed by atoms with Gasteiger partial charge in [-0.3, -0.25) is 4.79 Å². The molecular formula is C13H20O. The maximum Gasteiger partial charge on any atom is 0.137 e. The predicted octanol–water partition coefficient (Wildman–Crippen LogP) is 3.49. The van der Waals surface area contributed by atoms with Crippen molar-refractivity contribution in [2.75, 3.05) is 0 Å². The number of hydrogen-bond donors (Lipinski definition) is 0. The Hall–Kier alpha value is -0.590. The van der Waals surface area contributed by atoms with Gasteiger partial charge in [0.2, 0.25) is 0 Å². The lowest BCUT2D eigenvalue weighted by Gasteiger charge is -2.40. The number of hydrogen-bond acceptors (Lipinski definition) is 1. The molecule has 0 aromatic carbocycles. The zero-order chi connectivity index (χ0) is 10.2. The average Bonchev–Trinajstić information content (AvgIpc) is 2.53. The summed E-state index contributed by atoms with van der Waals surface area (Å²) in [5.41, 5.74) is 1.70. The lowest BCUT2D eigenvalue weighted by molar-refractivity contribution is -0.123. The van der Waals surface area contributed by atoms with Gasteiger partial charge < -0.3 is 0 Å². The van der Waals surface area contributed by atoms with Gasteiger partial charge in [0.25, 0.3) is 0 Å². The van der Waals surface area contributed by atoms with Gasteiger partial charge in [-0.2, -0.15) is 0 Å². The van der Waals surface area contributed by atoms with E-state index in [9.17, 15) is 4.79 Å². The Labute approximate surface area is 86.6 Å². The minimum absolute atomic E-state index is 0.249. The molecule has 0 radical (unpaired) electrons. The second-order valence-electron chi connectivity index (χ2n) is 5.10. The van der Waals surface area contributed by atoms with E-state index in [2.05, 4.69) is 13.0 Å². The third kappa shape index (κ3) is 1.43. The van der Waals surface area contributed by atoms with Gasteiger partial charge in [-0.25, -0.2) is 0 Å². The van der Waals surface area contributed by atoms with E-state index in [1.807, 2.05) is 0 Å². The lowest BCUT2D eigenvalue weighted by Crippen LogP contribution is -2.35. The Balaban J connectivity index is 2.32. The molecule has 0 amide bonds. The molecule has 2 aliphatic carbocycles. The van der Waals surface area contributed by atoms with E-state index in [-0.39, 0.29) is 5.92 Å². The number of allylic oxidation sites excluding steroid dienone is 2. The van der Waals surface area contributed by atoms with Gasteiger partial charge in [-0.05, 0) is 44.9 Å². The SMILES string of the molecule is CC(=O)C1C(C)=CCCC12CCCC2. The van der Waals surface area contributed by atoms with Crippen molar-refractivity contribution in [2.45, 2.75) is 52.4 Å². The van der Waals surface area contributed by atoms with Crippen LogP contribution in [0.5, 0.6) is 0 Å². The summed E-state index contributed by atoms with van der Waals surface area (Å²) < 4.78 is 0. The fourth-order valence-electron chi connectivity index (χ4n) is 3.70. The van der Waals surface area contributed by atoms with Crippen LogP contribution in [0.1, 0.15) is 52.4 Å². The standard InChI is InChI=1S/C13H20O/c1-10-6-5-9-13(7-3-4-8-13)12(10)11(2)14/h6,12H,3-5,7-9H2,1-2H3. The first-order valence-corrected chi connectivity index (χ1v) is 5.83. The second-order valence-corrected chi connectivity index (χ2v) is 5.10. The zero-order valence-electron chi connectivity index (χ0n) is 9.31. The highest BCUT2D eigenvalue weighted by Crippen LogP contribution is 2.52. The van der Waals surface area contributed by atoms with Crippen molar-refractivity contribution in [1.82, 2.24) is 0 Å². The molecule has 1 unspecified atom stereocenters. The van der Waals surface area contributed by atoms with Gasteiger partial charge >= 0.3 is 0 Å². The van der Waals surface area contributed by atoms with Crippen LogP contribution in [0, 0.1) is 11.3 Å². The van der Waals surface area contributed by atoms with Crippen molar-refractivity contribution in [2.24, 2.45) is 11.3 Å². The minimum atomic E-state index is 0.249. The van der Waals surface area contributed by atoms with Crippen LogP contribution in [0.25, 0.3) is 0 Å². The molecule has 1 heteroatoms. The average molecular weight is 192 g/mol. The lowest BCUT2D eigenvalue weighted by atomic mass is 9.64. The molecule has 0 aromatic rings. The van der Waals surface area contributed by atoms with Crippen LogP contribution in [0.15, 0.2) is 11.6 Å². The third-order valence-electron chi connectivity index (χ3n) is 4.18. The summed E-state index contributed by atoms with van der Waals surface area (Å²) in [5.74, 6) is 0.638. The Morgan fingerprint density at radius 3 is 2.57 bits per heavy atom. The van der Waals surface area contributed by atoms with Gasteiger partial charge in [0.15, 0.2) is 0 Å². The molecule has 2 rings (SSSR count). The molecule has 0 aromatic heterocycles. The Morgan fingerprint density at radius 1 is 1.36 bits per heavy atom. The summed E-state index contributed by atoms with van der Waals surface area (Å²) in [6.45, 7) is 3.92. The maximum absolute atomic E-state index is 11.7. The van der Waals surface area contributed by atoms with Gasteiger partial charge in [0.1, 0.15) is 5.78 Å². The van der Waals surface area contributed by atoms with E-state index in [4.69, 9.17) is 0 Å². The quantitative estimate of drug-likeness (QED) is 0.581. The van der Waals surface area contributed by atoms with Crippen LogP contribution >= 0.6 is 0 Å². The zero-order valence-corrected chi connectivity index (χ0v) is 9.31. The first-order valence-electron chi connectivity index (χ1n) is 5.83. The van der Waals surface area contributed by atoms with Crippen LogP contribution in [0.3, 0.4) is 0 Å². The molecule has 1 fully saturated rings. The normalized spacial score (nSPS) is 30.4. The summed E-state index contributed by atoms with van der Waals surface area (Å²) in [4.78, 5) is 11.7. The fourth-order valence-corrected chi connectivity index (χ4v) is 3.70. The van der Waals surface area contributed by atoms with Crippen molar-refractivity contribution in [3.8, 4) is 0 Å². The van der Waals surface area contributed by atoms with Crippen molar-refractivity contribution in [1.29, 1.82) is 0 Å². The highest BCUT2D eigenvalue weighted by molar-refractivity contribution is 5.82. The molecule has 1 nitrogen and oxygen atoms in total. The number of ketones is 1. The number of carbonyl (C=O) groups excluding carboxylic acids is 1. The molecule has 1 atom stereocenters. The Bertz CT molecular complexity index is 269. The molecule has 1 spiro atoms. The monoisotopic (exact) mass is 192 g/mol. The van der Waals surface area contributed by atoms with Crippen LogP contribution in [0.2, 0.25) is 0 Å². The van der Waals surface area contributed by atoms with Gasteiger partial charge in [0, 0.05) is 5.92 Å². The first kappa shape index (κ1) is 9.95. The molecule has 0 saturated heterocycles. The highest BCUT2D eigenvalue weighted by atomic mass is 16.1. The maximum atomic E-state index is 11.7. The molecule has 2 aliphatic rings. The summed E-state index contributed by atoms with van der Waals surface area (Å²) in [5, 5.41) is 0. The van der Waals surface area contributed by atoms with Crippen molar-refractivity contribution in [3.05, 3.63) is 11.6 Å². The van der Waals surface area contributed by atoms with Crippen LogP contribution in [-0.4, -0.2) is 5.78 Å². The van der Waals surface area contributed by atoms with E-state index < -0.39 is 0 Å². The van der Waals surface area contributed by atoms with E-state index in [1.54, 1.807) is 6.92 Å². The molecule has 0 bridgehead atoms. The number of rotatable bonds is 1. The molecule has 1 saturated carbocycles. The summed E-state index contributed by atoms with van der Waals surface area (Å²) >= 11 is 0. The van der Waals surface area contributed by atoms with E-state index in [0.29, 0.717) is 11.2 Å². The van der Waals surface area contributed by atoms with Gasteiger partial charge in [0.05, 0.1) is 0 Å². The molecule has 14 heavy (non-hydrogen) atoms. The largest absolute Gasteiger partial charge is 0.299 e. The van der Waals surface area contributed by atoms with Gasteiger partial charge in [-0.15, -0.1) is 0 Å². The highest BCUT2D eigenvalue weighted by Gasteiger charge is 2.44.